The van der Waals surface area contributed by atoms with Crippen molar-refractivity contribution in [1.82, 2.24) is 5.32 Å². The van der Waals surface area contributed by atoms with Gasteiger partial charge in [-0.2, -0.15) is 0 Å². The lowest BCUT2D eigenvalue weighted by atomic mass is 10.1. The number of hydrogen-bond donors (Lipinski definition) is 2. The van der Waals surface area contributed by atoms with Crippen LogP contribution in [0, 0.1) is 0 Å². The van der Waals surface area contributed by atoms with Gasteiger partial charge in [0.05, 0.1) is 0 Å². The maximum atomic E-state index is 12.6. The summed E-state index contributed by atoms with van der Waals surface area (Å²) >= 11 is 0. The second kappa shape index (κ2) is 8.34. The summed E-state index contributed by atoms with van der Waals surface area (Å²) in [6, 6.07) is 17.2. The minimum atomic E-state index is -0.696. The Morgan fingerprint density at radius 1 is 1.13 bits per heavy atom. The van der Waals surface area contributed by atoms with E-state index in [-0.39, 0.29) is 11.9 Å². The van der Waals surface area contributed by atoms with E-state index in [0.29, 0.717) is 6.54 Å². The fourth-order valence-corrected chi connectivity index (χ4v) is 2.32. The van der Waals surface area contributed by atoms with Crippen molar-refractivity contribution in [3.63, 3.8) is 0 Å². The zero-order valence-corrected chi connectivity index (χ0v) is 13.7. The molecule has 0 bridgehead atoms. The Morgan fingerprint density at radius 3 is 2.43 bits per heavy atom. The number of ether oxygens (including phenoxy) is 1. The third-order valence-corrected chi connectivity index (χ3v) is 3.68. The number of carbonyl (C=O) groups is 1. The van der Waals surface area contributed by atoms with E-state index >= 15 is 0 Å². The molecule has 0 saturated carbocycles. The minimum Gasteiger partial charge on any atom is -0.476 e. The Balaban J connectivity index is 2.28. The predicted octanol–water partition coefficient (Wildman–Crippen LogP) is 2.83. The van der Waals surface area contributed by atoms with E-state index in [1.807, 2.05) is 61.5 Å². The average Bonchev–Trinajstić information content (AvgIpc) is 2.60. The summed E-state index contributed by atoms with van der Waals surface area (Å²) in [6.07, 6.45) is 0.149. The molecule has 4 heteroatoms. The summed E-state index contributed by atoms with van der Waals surface area (Å²) in [5.74, 6) is 0.555. The molecule has 4 nitrogen and oxygen atoms in total. The Hall–Kier alpha value is -2.33. The lowest BCUT2D eigenvalue weighted by molar-refractivity contribution is -0.128. The van der Waals surface area contributed by atoms with E-state index in [2.05, 4.69) is 12.2 Å². The van der Waals surface area contributed by atoms with Crippen LogP contribution in [-0.4, -0.2) is 18.5 Å². The maximum absolute atomic E-state index is 12.6. The Bertz CT molecular complexity index is 628. The van der Waals surface area contributed by atoms with Crippen LogP contribution < -0.4 is 15.8 Å². The molecule has 0 aliphatic carbocycles. The van der Waals surface area contributed by atoms with Crippen molar-refractivity contribution in [2.45, 2.75) is 32.4 Å². The highest BCUT2D eigenvalue weighted by molar-refractivity contribution is 5.82. The number of carbonyl (C=O) groups excluding carboxylic acids is 1. The summed E-state index contributed by atoms with van der Waals surface area (Å²) in [4.78, 5) is 12.6. The van der Waals surface area contributed by atoms with Gasteiger partial charge in [-0.3, -0.25) is 4.79 Å². The molecular weight excluding hydrogens is 288 g/mol. The van der Waals surface area contributed by atoms with Gasteiger partial charge in [-0.25, -0.2) is 0 Å². The molecule has 122 valence electrons. The molecule has 0 saturated heterocycles. The molecule has 0 heterocycles. The van der Waals surface area contributed by atoms with Crippen LogP contribution in [0.25, 0.3) is 0 Å². The summed E-state index contributed by atoms with van der Waals surface area (Å²) < 4.78 is 6.08. The number of nitrogens with one attached hydrogen (secondary N) is 1. The first-order valence-corrected chi connectivity index (χ1v) is 7.95. The van der Waals surface area contributed by atoms with Gasteiger partial charge >= 0.3 is 0 Å². The summed E-state index contributed by atoms with van der Waals surface area (Å²) in [6.45, 7) is 4.33. The second-order valence-electron chi connectivity index (χ2n) is 5.52. The molecule has 1 amide bonds. The zero-order valence-electron chi connectivity index (χ0n) is 13.7. The highest BCUT2D eigenvalue weighted by Gasteiger charge is 2.24. The molecule has 0 aliphatic heterocycles. The van der Waals surface area contributed by atoms with Gasteiger partial charge in [-0.05, 0) is 25.0 Å². The van der Waals surface area contributed by atoms with Crippen LogP contribution in [0.5, 0.6) is 5.75 Å². The number of benzene rings is 2. The summed E-state index contributed by atoms with van der Waals surface area (Å²) in [7, 11) is 0. The maximum Gasteiger partial charge on any atom is 0.266 e. The number of amides is 1. The molecule has 3 N–H and O–H groups in total. The van der Waals surface area contributed by atoms with Crippen LogP contribution in [0.1, 0.15) is 31.1 Å². The first-order valence-electron chi connectivity index (χ1n) is 7.95. The minimum absolute atomic E-state index is 0.0984. The second-order valence-corrected chi connectivity index (χ2v) is 5.52. The van der Waals surface area contributed by atoms with Crippen molar-refractivity contribution in [2.24, 2.45) is 5.73 Å². The van der Waals surface area contributed by atoms with Crippen LogP contribution in [0.2, 0.25) is 0 Å². The average molecular weight is 312 g/mol. The lowest BCUT2D eigenvalue weighted by Gasteiger charge is -2.22. The van der Waals surface area contributed by atoms with Crippen LogP contribution in [0.3, 0.4) is 0 Å². The molecule has 2 aromatic rings. The summed E-state index contributed by atoms with van der Waals surface area (Å²) in [5, 5.41) is 2.90. The number of nitrogens with two attached hydrogens (primary N) is 1. The highest BCUT2D eigenvalue weighted by atomic mass is 16.5. The normalized spacial score (nSPS) is 13.2. The molecule has 2 rings (SSSR count). The topological polar surface area (TPSA) is 64.3 Å². The van der Waals surface area contributed by atoms with Gasteiger partial charge in [-0.15, -0.1) is 0 Å². The number of para-hydroxylation sites is 1. The van der Waals surface area contributed by atoms with E-state index in [0.717, 1.165) is 23.3 Å². The molecule has 2 atom stereocenters. The van der Waals surface area contributed by atoms with Gasteiger partial charge in [0.1, 0.15) is 5.75 Å². The predicted molar refractivity (Wildman–Crippen MR) is 92.3 cm³/mol. The van der Waals surface area contributed by atoms with E-state index in [9.17, 15) is 4.79 Å². The highest BCUT2D eigenvalue weighted by Crippen LogP contribution is 2.26. The molecule has 0 radical (unpaired) electrons. The van der Waals surface area contributed by atoms with Crippen LogP contribution in [0.4, 0.5) is 0 Å². The van der Waals surface area contributed by atoms with E-state index in [1.165, 1.54) is 0 Å². The standard InChI is InChI=1S/C19H24N2O2/c1-3-15-9-7-8-12-17(15)23-18(16-10-5-4-6-11-16)19(22)21-14(2)13-20/h4-12,14,18H,3,13,20H2,1-2H3,(H,21,22)/t14-,18?/m0/s1. The summed E-state index contributed by atoms with van der Waals surface area (Å²) in [5.41, 5.74) is 7.50. The van der Waals surface area contributed by atoms with Crippen molar-refractivity contribution in [3.8, 4) is 5.75 Å². The largest absolute Gasteiger partial charge is 0.476 e. The molecule has 1 unspecified atom stereocenters. The Labute approximate surface area is 137 Å². The SMILES string of the molecule is CCc1ccccc1OC(C(=O)N[C@@H](C)CN)c1ccccc1. The molecular formula is C19H24N2O2. The van der Waals surface area contributed by atoms with Crippen LogP contribution in [-0.2, 0) is 11.2 Å². The molecule has 0 fully saturated rings. The van der Waals surface area contributed by atoms with Gasteiger partial charge in [0.2, 0.25) is 6.10 Å². The van der Waals surface area contributed by atoms with E-state index in [4.69, 9.17) is 10.5 Å². The van der Waals surface area contributed by atoms with Crippen molar-refractivity contribution in [2.75, 3.05) is 6.54 Å². The molecule has 0 aromatic heterocycles. The Kier molecular flexibility index (Phi) is 6.18. The van der Waals surface area contributed by atoms with Gasteiger partial charge in [0.25, 0.3) is 5.91 Å². The van der Waals surface area contributed by atoms with Gasteiger partial charge < -0.3 is 15.8 Å². The number of hydrogen-bond acceptors (Lipinski definition) is 3. The molecule has 2 aromatic carbocycles. The van der Waals surface area contributed by atoms with Gasteiger partial charge in [-0.1, -0.05) is 55.5 Å². The molecule has 0 aliphatic rings. The van der Waals surface area contributed by atoms with Crippen molar-refractivity contribution >= 4 is 5.91 Å². The zero-order chi connectivity index (χ0) is 16.7. The Morgan fingerprint density at radius 2 is 1.78 bits per heavy atom. The van der Waals surface area contributed by atoms with E-state index in [1.54, 1.807) is 0 Å². The first-order chi connectivity index (χ1) is 11.2. The molecule has 23 heavy (non-hydrogen) atoms. The first kappa shape index (κ1) is 17.0. The third-order valence-electron chi connectivity index (χ3n) is 3.68. The fourth-order valence-electron chi connectivity index (χ4n) is 2.32. The number of rotatable bonds is 7. The monoisotopic (exact) mass is 312 g/mol. The van der Waals surface area contributed by atoms with Gasteiger partial charge in [0, 0.05) is 18.2 Å². The van der Waals surface area contributed by atoms with E-state index < -0.39 is 6.10 Å². The fraction of sp³-hybridized carbons (Fsp3) is 0.316. The van der Waals surface area contributed by atoms with Gasteiger partial charge in [0.15, 0.2) is 0 Å². The van der Waals surface area contributed by atoms with Crippen molar-refractivity contribution in [1.29, 1.82) is 0 Å². The smallest absolute Gasteiger partial charge is 0.266 e. The molecule has 0 spiro atoms. The third kappa shape index (κ3) is 4.57. The number of aryl methyl sites for hydroxylation is 1. The lowest BCUT2D eigenvalue weighted by Crippen LogP contribution is -2.41. The quantitative estimate of drug-likeness (QED) is 0.826. The van der Waals surface area contributed by atoms with Crippen LogP contribution >= 0.6 is 0 Å². The van der Waals surface area contributed by atoms with Crippen molar-refractivity contribution < 1.29 is 9.53 Å². The van der Waals surface area contributed by atoms with Crippen LogP contribution in [0.15, 0.2) is 54.6 Å². The van der Waals surface area contributed by atoms with Crippen molar-refractivity contribution in [3.05, 3.63) is 65.7 Å².